The normalized spacial score (nSPS) is 12.8. The Hall–Kier alpha value is -0.530. The van der Waals surface area contributed by atoms with Gasteiger partial charge in [0.1, 0.15) is 0 Å². The van der Waals surface area contributed by atoms with Crippen LogP contribution in [0.15, 0.2) is 0 Å². The fourth-order valence-electron chi connectivity index (χ4n) is 0.321. The summed E-state index contributed by atoms with van der Waals surface area (Å²) in [6.45, 7) is 5.16. The third-order valence-corrected chi connectivity index (χ3v) is 1.15. The second-order valence-corrected chi connectivity index (χ2v) is 1.94. The Morgan fingerprint density at radius 2 is 2.38 bits per heavy atom. The molecule has 1 unspecified atom stereocenters. The van der Waals surface area contributed by atoms with Crippen molar-refractivity contribution in [1.29, 1.82) is 0 Å². The molecule has 0 aliphatic carbocycles. The minimum Gasteiger partial charge on any atom is -0.468 e. The lowest BCUT2D eigenvalue weighted by Crippen LogP contribution is -2.02. The van der Waals surface area contributed by atoms with Crippen molar-refractivity contribution < 1.29 is 9.53 Å². The minimum atomic E-state index is 0.492. The van der Waals surface area contributed by atoms with E-state index in [2.05, 4.69) is 11.7 Å². The SMILES string of the molecule is CCC(C)COC=O. The molecule has 48 valence electrons. The van der Waals surface area contributed by atoms with Crippen molar-refractivity contribution in [2.75, 3.05) is 6.61 Å². The van der Waals surface area contributed by atoms with Crippen molar-refractivity contribution in [3.63, 3.8) is 0 Å². The third kappa shape index (κ3) is 3.65. The molecule has 0 saturated heterocycles. The Morgan fingerprint density at radius 1 is 1.75 bits per heavy atom. The molecule has 0 aromatic rings. The third-order valence-electron chi connectivity index (χ3n) is 1.15. The molecule has 0 heterocycles. The van der Waals surface area contributed by atoms with E-state index >= 15 is 0 Å². The Bertz CT molecular complexity index is 61.5. The molecule has 2 heteroatoms. The van der Waals surface area contributed by atoms with Gasteiger partial charge in [0.2, 0.25) is 0 Å². The van der Waals surface area contributed by atoms with Gasteiger partial charge >= 0.3 is 0 Å². The van der Waals surface area contributed by atoms with Crippen LogP contribution in [0.1, 0.15) is 20.3 Å². The van der Waals surface area contributed by atoms with Crippen LogP contribution in [0.25, 0.3) is 0 Å². The summed E-state index contributed by atoms with van der Waals surface area (Å²) in [4.78, 5) is 9.60. The van der Waals surface area contributed by atoms with Crippen LogP contribution in [0, 0.1) is 5.92 Å². The zero-order valence-corrected chi connectivity index (χ0v) is 5.39. The molecule has 0 spiro atoms. The first kappa shape index (κ1) is 7.47. The largest absolute Gasteiger partial charge is 0.468 e. The van der Waals surface area contributed by atoms with Crippen molar-refractivity contribution in [2.45, 2.75) is 20.3 Å². The van der Waals surface area contributed by atoms with Crippen LogP contribution in [0.2, 0.25) is 0 Å². The van der Waals surface area contributed by atoms with Gasteiger partial charge in [-0.2, -0.15) is 0 Å². The molecule has 0 bridgehead atoms. The van der Waals surface area contributed by atoms with E-state index in [0.29, 0.717) is 19.0 Å². The number of carbonyl (C=O) groups excluding carboxylic acids is 1. The van der Waals surface area contributed by atoms with Crippen molar-refractivity contribution in [3.05, 3.63) is 0 Å². The first-order valence-electron chi connectivity index (χ1n) is 2.86. The predicted molar refractivity (Wildman–Crippen MR) is 31.5 cm³/mol. The minimum absolute atomic E-state index is 0.492. The summed E-state index contributed by atoms with van der Waals surface area (Å²) in [5.74, 6) is 0.500. The fraction of sp³-hybridized carbons (Fsp3) is 0.833. The van der Waals surface area contributed by atoms with Crippen molar-refractivity contribution in [2.24, 2.45) is 5.92 Å². The molecule has 0 fully saturated rings. The Morgan fingerprint density at radius 3 is 2.75 bits per heavy atom. The lowest BCUT2D eigenvalue weighted by atomic mass is 10.1. The van der Waals surface area contributed by atoms with Gasteiger partial charge in [-0.3, -0.25) is 4.79 Å². The van der Waals surface area contributed by atoms with E-state index in [-0.39, 0.29) is 0 Å². The number of ether oxygens (including phenoxy) is 1. The average molecular weight is 116 g/mol. The van der Waals surface area contributed by atoms with Gasteiger partial charge < -0.3 is 4.74 Å². The van der Waals surface area contributed by atoms with Crippen LogP contribution in [0.3, 0.4) is 0 Å². The van der Waals surface area contributed by atoms with Gasteiger partial charge in [0, 0.05) is 0 Å². The number of hydrogen-bond acceptors (Lipinski definition) is 2. The molecule has 0 aromatic carbocycles. The molecular weight excluding hydrogens is 104 g/mol. The monoisotopic (exact) mass is 116 g/mol. The van der Waals surface area contributed by atoms with E-state index < -0.39 is 0 Å². The molecule has 1 atom stereocenters. The van der Waals surface area contributed by atoms with E-state index in [0.717, 1.165) is 6.42 Å². The van der Waals surface area contributed by atoms with Crippen LogP contribution in [0.4, 0.5) is 0 Å². The van der Waals surface area contributed by atoms with E-state index in [4.69, 9.17) is 0 Å². The summed E-state index contributed by atoms with van der Waals surface area (Å²) < 4.78 is 4.51. The molecule has 0 N–H and O–H groups in total. The topological polar surface area (TPSA) is 26.3 Å². The van der Waals surface area contributed by atoms with Gasteiger partial charge in [-0.1, -0.05) is 20.3 Å². The van der Waals surface area contributed by atoms with Gasteiger partial charge in [-0.25, -0.2) is 0 Å². The van der Waals surface area contributed by atoms with Gasteiger partial charge in [0.05, 0.1) is 6.61 Å². The Balaban J connectivity index is 2.97. The summed E-state index contributed by atoms with van der Waals surface area (Å²) in [6.07, 6.45) is 1.06. The molecule has 0 rings (SSSR count). The van der Waals surface area contributed by atoms with E-state index in [1.807, 2.05) is 6.92 Å². The molecule has 0 saturated carbocycles. The Labute approximate surface area is 49.8 Å². The second kappa shape index (κ2) is 4.62. The highest BCUT2D eigenvalue weighted by Crippen LogP contribution is 1.98. The van der Waals surface area contributed by atoms with E-state index in [1.165, 1.54) is 0 Å². The highest BCUT2D eigenvalue weighted by molar-refractivity contribution is 5.36. The van der Waals surface area contributed by atoms with Crippen LogP contribution in [-0.2, 0) is 9.53 Å². The molecular formula is C6H12O2. The second-order valence-electron chi connectivity index (χ2n) is 1.94. The number of hydrogen-bond donors (Lipinski definition) is 0. The van der Waals surface area contributed by atoms with E-state index in [9.17, 15) is 4.79 Å². The first-order valence-corrected chi connectivity index (χ1v) is 2.86. The maximum Gasteiger partial charge on any atom is 0.293 e. The highest BCUT2D eigenvalue weighted by Gasteiger charge is 1.95. The summed E-state index contributed by atoms with van der Waals surface area (Å²) in [5, 5.41) is 0. The maximum atomic E-state index is 9.60. The molecule has 0 amide bonds. The van der Waals surface area contributed by atoms with Crippen molar-refractivity contribution >= 4 is 6.47 Å². The van der Waals surface area contributed by atoms with Crippen LogP contribution in [0.5, 0.6) is 0 Å². The van der Waals surface area contributed by atoms with Crippen LogP contribution >= 0.6 is 0 Å². The molecule has 0 radical (unpaired) electrons. The number of rotatable bonds is 4. The zero-order valence-electron chi connectivity index (χ0n) is 5.39. The quantitative estimate of drug-likeness (QED) is 0.516. The fourth-order valence-corrected chi connectivity index (χ4v) is 0.321. The zero-order chi connectivity index (χ0) is 6.41. The maximum absolute atomic E-state index is 9.60. The highest BCUT2D eigenvalue weighted by atomic mass is 16.5. The smallest absolute Gasteiger partial charge is 0.293 e. The van der Waals surface area contributed by atoms with Crippen molar-refractivity contribution in [1.82, 2.24) is 0 Å². The Kier molecular flexibility index (Phi) is 4.32. The van der Waals surface area contributed by atoms with Crippen LogP contribution < -0.4 is 0 Å². The summed E-state index contributed by atoms with van der Waals surface area (Å²) in [5.41, 5.74) is 0. The average Bonchev–Trinajstić information content (AvgIpc) is 1.83. The summed E-state index contributed by atoms with van der Waals surface area (Å²) in [6, 6.07) is 0. The predicted octanol–water partition coefficient (Wildman–Crippen LogP) is 1.21. The summed E-state index contributed by atoms with van der Waals surface area (Å²) in [7, 11) is 0. The number of carbonyl (C=O) groups is 1. The molecule has 8 heavy (non-hydrogen) atoms. The lowest BCUT2D eigenvalue weighted by molar-refractivity contribution is -0.129. The standard InChI is InChI=1S/C6H12O2/c1-3-6(2)4-8-5-7/h5-6H,3-4H2,1-2H3. The first-order chi connectivity index (χ1) is 3.81. The van der Waals surface area contributed by atoms with Gasteiger partial charge in [0.15, 0.2) is 0 Å². The lowest BCUT2D eigenvalue weighted by Gasteiger charge is -2.03. The van der Waals surface area contributed by atoms with Gasteiger partial charge in [0.25, 0.3) is 6.47 Å². The van der Waals surface area contributed by atoms with E-state index in [1.54, 1.807) is 0 Å². The molecule has 0 aromatic heterocycles. The van der Waals surface area contributed by atoms with Crippen molar-refractivity contribution in [3.8, 4) is 0 Å². The molecule has 0 aliphatic rings. The van der Waals surface area contributed by atoms with Crippen LogP contribution in [-0.4, -0.2) is 13.1 Å². The molecule has 0 aliphatic heterocycles. The van der Waals surface area contributed by atoms with Gasteiger partial charge in [-0.15, -0.1) is 0 Å². The summed E-state index contributed by atoms with van der Waals surface area (Å²) >= 11 is 0. The molecule has 2 nitrogen and oxygen atoms in total. The van der Waals surface area contributed by atoms with Gasteiger partial charge in [-0.05, 0) is 5.92 Å².